The van der Waals surface area contributed by atoms with Gasteiger partial charge in [0.25, 0.3) is 0 Å². The minimum atomic E-state index is -1.16. The first-order chi connectivity index (χ1) is 14.4. The van der Waals surface area contributed by atoms with Crippen LogP contribution in [-0.2, 0) is 9.53 Å². The van der Waals surface area contributed by atoms with Crippen molar-refractivity contribution in [1.29, 1.82) is 0 Å². The molecule has 0 radical (unpaired) electrons. The zero-order valence-electron chi connectivity index (χ0n) is 15.6. The van der Waals surface area contributed by atoms with E-state index < -0.39 is 36.6 Å². The van der Waals surface area contributed by atoms with Crippen LogP contribution >= 0.6 is 0 Å². The lowest BCUT2D eigenvalue weighted by Crippen LogP contribution is -2.19. The second-order valence-electron chi connectivity index (χ2n) is 6.22. The normalized spacial score (nSPS) is 10.3. The monoisotopic (exact) mass is 410 g/mol. The van der Waals surface area contributed by atoms with Crippen LogP contribution in [0.4, 0.5) is 8.78 Å². The van der Waals surface area contributed by atoms with Crippen LogP contribution in [0.1, 0.15) is 26.3 Å². The fraction of sp³-hybridized carbons (Fsp3) is 0.0870. The third kappa shape index (κ3) is 5.35. The van der Waals surface area contributed by atoms with E-state index in [1.165, 1.54) is 12.1 Å². The van der Waals surface area contributed by atoms with Crippen molar-refractivity contribution in [2.24, 2.45) is 0 Å². The van der Waals surface area contributed by atoms with Gasteiger partial charge < -0.3 is 9.47 Å². The Hall–Kier alpha value is -3.87. The van der Waals surface area contributed by atoms with Crippen LogP contribution in [0.15, 0.2) is 72.8 Å². The number of carbonyl (C=O) groups is 3. The second-order valence-corrected chi connectivity index (χ2v) is 6.22. The van der Waals surface area contributed by atoms with Crippen molar-refractivity contribution < 1.29 is 32.6 Å². The maximum Gasteiger partial charge on any atom is 0.344 e. The minimum Gasteiger partial charge on any atom is -0.482 e. The summed E-state index contributed by atoms with van der Waals surface area (Å²) in [6.45, 7) is -1.09. The second kappa shape index (κ2) is 9.56. The Morgan fingerprint density at radius 1 is 0.700 bits per heavy atom. The number of hydrogen-bond donors (Lipinski definition) is 0. The molecule has 0 aromatic heterocycles. The molecule has 0 fully saturated rings. The number of ketones is 2. The molecule has 152 valence electrons. The van der Waals surface area contributed by atoms with Crippen molar-refractivity contribution in [2.75, 3.05) is 13.2 Å². The van der Waals surface area contributed by atoms with Gasteiger partial charge in [-0.25, -0.2) is 13.6 Å². The number of benzene rings is 3. The van der Waals surface area contributed by atoms with E-state index in [4.69, 9.17) is 9.47 Å². The number of hydrogen-bond acceptors (Lipinski definition) is 5. The Balaban J connectivity index is 1.48. The first kappa shape index (κ1) is 20.9. The fourth-order valence-corrected chi connectivity index (χ4v) is 2.54. The molecule has 0 bridgehead atoms. The molecule has 0 aliphatic rings. The van der Waals surface area contributed by atoms with Gasteiger partial charge in [-0.15, -0.1) is 0 Å². The fourth-order valence-electron chi connectivity index (χ4n) is 2.54. The predicted molar refractivity (Wildman–Crippen MR) is 103 cm³/mol. The molecule has 0 N–H and O–H groups in total. The van der Waals surface area contributed by atoms with Gasteiger partial charge in [0.15, 0.2) is 36.4 Å². The van der Waals surface area contributed by atoms with Crippen molar-refractivity contribution in [1.82, 2.24) is 0 Å². The number of Topliss-reactive ketones (excluding diaryl/α,β-unsaturated/α-hetero) is 1. The maximum absolute atomic E-state index is 13.1. The van der Waals surface area contributed by atoms with Gasteiger partial charge in [-0.1, -0.05) is 30.3 Å². The van der Waals surface area contributed by atoms with Gasteiger partial charge in [-0.2, -0.15) is 0 Å². The molecule has 30 heavy (non-hydrogen) atoms. The van der Waals surface area contributed by atoms with E-state index in [9.17, 15) is 23.2 Å². The van der Waals surface area contributed by atoms with Gasteiger partial charge in [0.1, 0.15) is 5.75 Å². The van der Waals surface area contributed by atoms with Crippen LogP contribution in [0.2, 0.25) is 0 Å². The summed E-state index contributed by atoms with van der Waals surface area (Å²) >= 11 is 0. The molecule has 0 saturated carbocycles. The Morgan fingerprint density at radius 2 is 1.33 bits per heavy atom. The lowest BCUT2D eigenvalue weighted by molar-refractivity contribution is -0.144. The number of halogens is 2. The van der Waals surface area contributed by atoms with Crippen LogP contribution in [0.25, 0.3) is 0 Å². The van der Waals surface area contributed by atoms with Crippen LogP contribution in [0.3, 0.4) is 0 Å². The molecule has 3 aromatic carbocycles. The number of rotatable bonds is 8. The lowest BCUT2D eigenvalue weighted by Gasteiger charge is -2.08. The van der Waals surface area contributed by atoms with E-state index in [1.54, 1.807) is 36.4 Å². The molecular formula is C23H16F2O5. The molecular weight excluding hydrogens is 394 g/mol. The van der Waals surface area contributed by atoms with E-state index in [0.29, 0.717) is 16.9 Å². The Bertz CT molecular complexity index is 1060. The smallest absolute Gasteiger partial charge is 0.344 e. The van der Waals surface area contributed by atoms with E-state index in [2.05, 4.69) is 0 Å². The summed E-state index contributed by atoms with van der Waals surface area (Å²) in [6.07, 6.45) is 0. The molecule has 0 amide bonds. The molecule has 3 rings (SSSR count). The Kier molecular flexibility index (Phi) is 6.64. The highest BCUT2D eigenvalue weighted by Crippen LogP contribution is 2.16. The molecule has 0 aliphatic heterocycles. The summed E-state index contributed by atoms with van der Waals surface area (Å²) in [6, 6.07) is 17.7. The Morgan fingerprint density at radius 3 is 2.00 bits per heavy atom. The molecule has 0 heterocycles. The average Bonchev–Trinajstić information content (AvgIpc) is 2.78. The highest BCUT2D eigenvalue weighted by Gasteiger charge is 2.13. The number of carbonyl (C=O) groups excluding carboxylic acids is 3. The van der Waals surface area contributed by atoms with E-state index in [0.717, 1.165) is 18.2 Å². The highest BCUT2D eigenvalue weighted by molar-refractivity contribution is 6.09. The largest absolute Gasteiger partial charge is 0.482 e. The third-order valence-corrected chi connectivity index (χ3v) is 4.11. The van der Waals surface area contributed by atoms with Crippen LogP contribution < -0.4 is 4.74 Å². The first-order valence-electron chi connectivity index (χ1n) is 8.90. The van der Waals surface area contributed by atoms with Gasteiger partial charge >= 0.3 is 5.97 Å². The Labute approximate surface area is 170 Å². The van der Waals surface area contributed by atoms with Crippen LogP contribution in [-0.4, -0.2) is 30.7 Å². The van der Waals surface area contributed by atoms with Crippen molar-refractivity contribution in [2.45, 2.75) is 0 Å². The van der Waals surface area contributed by atoms with Gasteiger partial charge in [0, 0.05) is 16.7 Å². The van der Waals surface area contributed by atoms with Crippen LogP contribution in [0.5, 0.6) is 5.75 Å². The summed E-state index contributed by atoms with van der Waals surface area (Å²) in [5, 5.41) is 0. The van der Waals surface area contributed by atoms with Gasteiger partial charge in [-0.3, -0.25) is 9.59 Å². The molecule has 0 spiro atoms. The SMILES string of the molecule is O=C(COc1ccc(C(=O)c2ccccc2)cc1)OCC(=O)c1ccc(F)c(F)c1. The summed E-state index contributed by atoms with van der Waals surface area (Å²) < 4.78 is 36.1. The standard InChI is InChI=1S/C23H16F2O5/c24-19-11-8-17(12-20(19)25)21(26)13-30-22(27)14-29-18-9-6-16(7-10-18)23(28)15-4-2-1-3-5-15/h1-12H,13-14H2. The predicted octanol–water partition coefficient (Wildman–Crippen LogP) is 4.00. The summed E-state index contributed by atoms with van der Waals surface area (Å²) in [7, 11) is 0. The van der Waals surface area contributed by atoms with E-state index >= 15 is 0 Å². The molecule has 5 nitrogen and oxygen atoms in total. The first-order valence-corrected chi connectivity index (χ1v) is 8.90. The van der Waals surface area contributed by atoms with Crippen molar-refractivity contribution in [3.05, 3.63) is 101 Å². The lowest BCUT2D eigenvalue weighted by atomic mass is 10.0. The van der Waals surface area contributed by atoms with E-state index in [-0.39, 0.29) is 11.3 Å². The molecule has 0 saturated heterocycles. The highest BCUT2D eigenvalue weighted by atomic mass is 19.2. The molecule has 0 atom stereocenters. The molecule has 7 heteroatoms. The van der Waals surface area contributed by atoms with E-state index in [1.807, 2.05) is 6.07 Å². The van der Waals surface area contributed by atoms with Crippen LogP contribution in [0, 0.1) is 11.6 Å². The topological polar surface area (TPSA) is 69.7 Å². The van der Waals surface area contributed by atoms with Gasteiger partial charge in [0.2, 0.25) is 0 Å². The summed E-state index contributed by atoms with van der Waals surface area (Å²) in [5.74, 6) is -3.53. The zero-order valence-corrected chi connectivity index (χ0v) is 15.6. The zero-order chi connectivity index (χ0) is 21.5. The minimum absolute atomic E-state index is 0.110. The average molecular weight is 410 g/mol. The summed E-state index contributed by atoms with van der Waals surface area (Å²) in [5.41, 5.74) is 0.912. The maximum atomic E-state index is 13.1. The van der Waals surface area contributed by atoms with Crippen molar-refractivity contribution in [3.63, 3.8) is 0 Å². The molecule has 0 aliphatic carbocycles. The third-order valence-electron chi connectivity index (χ3n) is 4.11. The summed E-state index contributed by atoms with van der Waals surface area (Å²) in [4.78, 5) is 36.0. The number of esters is 1. The van der Waals surface area contributed by atoms with Crippen molar-refractivity contribution in [3.8, 4) is 5.75 Å². The molecule has 0 unspecified atom stereocenters. The van der Waals surface area contributed by atoms with Crippen molar-refractivity contribution >= 4 is 17.5 Å². The van der Waals surface area contributed by atoms with Gasteiger partial charge in [0.05, 0.1) is 0 Å². The number of ether oxygens (including phenoxy) is 2. The molecule has 3 aromatic rings. The quantitative estimate of drug-likeness (QED) is 0.415. The van der Waals surface area contributed by atoms with Gasteiger partial charge in [-0.05, 0) is 42.5 Å².